The van der Waals surface area contributed by atoms with E-state index in [-0.39, 0.29) is 11.4 Å². The van der Waals surface area contributed by atoms with Gasteiger partial charge in [0.05, 0.1) is 10.4 Å². The van der Waals surface area contributed by atoms with Gasteiger partial charge in [-0.3, -0.25) is 4.98 Å². The Morgan fingerprint density at radius 3 is 2.52 bits per heavy atom. The predicted octanol–water partition coefficient (Wildman–Crippen LogP) is 2.03. The molecule has 21 heavy (non-hydrogen) atoms. The molecule has 3 N–H and O–H groups in total. The largest absolute Gasteiger partial charge is 0.329 e. The molecule has 0 aliphatic heterocycles. The van der Waals surface area contributed by atoms with E-state index in [1.807, 2.05) is 13.8 Å². The smallest absolute Gasteiger partial charge is 0.241 e. The van der Waals surface area contributed by atoms with Gasteiger partial charge in [-0.2, -0.15) is 0 Å². The predicted molar refractivity (Wildman–Crippen MR) is 84.4 cm³/mol. The number of aromatic nitrogens is 1. The summed E-state index contributed by atoms with van der Waals surface area (Å²) in [7, 11) is -3.65. The van der Waals surface area contributed by atoms with Gasteiger partial charge in [-0.1, -0.05) is 19.9 Å². The van der Waals surface area contributed by atoms with Crippen LogP contribution in [0.4, 0.5) is 0 Å². The molecule has 1 aromatic heterocycles. The molecule has 0 fully saturated rings. The lowest BCUT2D eigenvalue weighted by atomic mass is 9.95. The summed E-state index contributed by atoms with van der Waals surface area (Å²) in [5.41, 5.74) is 5.84. The van der Waals surface area contributed by atoms with Gasteiger partial charge in [0, 0.05) is 23.7 Å². The third-order valence-corrected chi connectivity index (χ3v) is 5.63. The van der Waals surface area contributed by atoms with Gasteiger partial charge in [0.15, 0.2) is 0 Å². The van der Waals surface area contributed by atoms with Crippen LogP contribution in [0.15, 0.2) is 41.4 Å². The maximum Gasteiger partial charge on any atom is 0.241 e. The zero-order valence-electron chi connectivity index (χ0n) is 12.3. The molecular weight excluding hydrogens is 286 g/mol. The van der Waals surface area contributed by atoms with Crippen LogP contribution in [0.2, 0.25) is 0 Å². The second-order valence-electron chi connectivity index (χ2n) is 5.12. The Kier molecular flexibility index (Phi) is 4.61. The number of nitrogens with one attached hydrogen (secondary N) is 1. The average molecular weight is 307 g/mol. The normalized spacial score (nSPS) is 12.7. The lowest BCUT2D eigenvalue weighted by Crippen LogP contribution is -2.52. The van der Waals surface area contributed by atoms with Crippen molar-refractivity contribution in [3.05, 3.63) is 36.5 Å². The number of hydrogen-bond acceptors (Lipinski definition) is 4. The van der Waals surface area contributed by atoms with Crippen molar-refractivity contribution in [1.82, 2.24) is 9.71 Å². The number of nitrogens with zero attached hydrogens (tertiary/aromatic N) is 1. The van der Waals surface area contributed by atoms with Gasteiger partial charge in [0.2, 0.25) is 10.0 Å². The van der Waals surface area contributed by atoms with Crippen molar-refractivity contribution in [3.8, 4) is 0 Å². The molecule has 1 aromatic carbocycles. The van der Waals surface area contributed by atoms with Crippen molar-refractivity contribution in [1.29, 1.82) is 0 Å². The standard InChI is InChI=1S/C15H21N3O2S/c1-3-15(4-2,11-16)18-21(19,20)14-9-5-8-13-12(14)7-6-10-17-13/h5-10,18H,3-4,11,16H2,1-2H3. The molecule has 114 valence electrons. The Hall–Kier alpha value is -1.50. The molecule has 0 amide bonds. The summed E-state index contributed by atoms with van der Waals surface area (Å²) in [5.74, 6) is 0. The third-order valence-electron chi connectivity index (χ3n) is 3.99. The minimum absolute atomic E-state index is 0.243. The van der Waals surface area contributed by atoms with E-state index < -0.39 is 15.6 Å². The quantitative estimate of drug-likeness (QED) is 0.855. The van der Waals surface area contributed by atoms with Gasteiger partial charge in [-0.05, 0) is 37.1 Å². The number of pyridine rings is 1. The fourth-order valence-electron chi connectivity index (χ4n) is 2.37. The Labute approximate surface area is 125 Å². The second-order valence-corrected chi connectivity index (χ2v) is 6.77. The third kappa shape index (κ3) is 3.07. The molecule has 1 heterocycles. The molecule has 0 unspecified atom stereocenters. The lowest BCUT2D eigenvalue weighted by Gasteiger charge is -2.31. The van der Waals surface area contributed by atoms with Crippen LogP contribution >= 0.6 is 0 Å². The van der Waals surface area contributed by atoms with Crippen LogP contribution in [0.5, 0.6) is 0 Å². The van der Waals surface area contributed by atoms with Gasteiger partial charge in [-0.15, -0.1) is 0 Å². The van der Waals surface area contributed by atoms with Gasteiger partial charge in [0.1, 0.15) is 0 Å². The van der Waals surface area contributed by atoms with Gasteiger partial charge >= 0.3 is 0 Å². The molecule has 0 aliphatic carbocycles. The topological polar surface area (TPSA) is 85.1 Å². The van der Waals surface area contributed by atoms with Crippen molar-refractivity contribution in [2.75, 3.05) is 6.54 Å². The monoisotopic (exact) mass is 307 g/mol. The maximum atomic E-state index is 12.7. The summed E-state index contributed by atoms with van der Waals surface area (Å²) in [4.78, 5) is 4.44. The van der Waals surface area contributed by atoms with E-state index in [1.165, 1.54) is 0 Å². The number of hydrogen-bond donors (Lipinski definition) is 2. The molecule has 0 aliphatic rings. The number of rotatable bonds is 6. The summed E-state index contributed by atoms with van der Waals surface area (Å²) in [6, 6.07) is 8.59. The Morgan fingerprint density at radius 1 is 1.19 bits per heavy atom. The van der Waals surface area contributed by atoms with E-state index in [1.54, 1.807) is 36.5 Å². The SMILES string of the molecule is CCC(CC)(CN)NS(=O)(=O)c1cccc2ncccc12. The minimum atomic E-state index is -3.65. The van der Waals surface area contributed by atoms with Crippen molar-refractivity contribution in [3.63, 3.8) is 0 Å². The van der Waals surface area contributed by atoms with E-state index in [0.717, 1.165) is 0 Å². The fraction of sp³-hybridized carbons (Fsp3) is 0.400. The van der Waals surface area contributed by atoms with Crippen LogP contribution in [0.1, 0.15) is 26.7 Å². The second kappa shape index (κ2) is 6.09. The average Bonchev–Trinajstić information content (AvgIpc) is 2.52. The van der Waals surface area contributed by atoms with Crippen molar-refractivity contribution in [2.45, 2.75) is 37.1 Å². The van der Waals surface area contributed by atoms with Gasteiger partial charge in [-0.25, -0.2) is 13.1 Å². The van der Waals surface area contributed by atoms with Gasteiger partial charge in [0.25, 0.3) is 0 Å². The Balaban J connectivity index is 2.52. The van der Waals surface area contributed by atoms with Crippen molar-refractivity contribution >= 4 is 20.9 Å². The van der Waals surface area contributed by atoms with E-state index in [9.17, 15) is 8.42 Å². The summed E-state index contributed by atoms with van der Waals surface area (Å²) >= 11 is 0. The highest BCUT2D eigenvalue weighted by atomic mass is 32.2. The number of benzene rings is 1. The number of sulfonamides is 1. The van der Waals surface area contributed by atoms with Crippen molar-refractivity contribution < 1.29 is 8.42 Å². The van der Waals surface area contributed by atoms with Crippen LogP contribution in [-0.2, 0) is 10.0 Å². The fourth-order valence-corrected chi connectivity index (χ4v) is 4.15. The van der Waals surface area contributed by atoms with Crippen LogP contribution in [0, 0.1) is 0 Å². The molecule has 2 rings (SSSR count). The van der Waals surface area contributed by atoms with E-state index in [0.29, 0.717) is 23.7 Å². The summed E-state index contributed by atoms with van der Waals surface area (Å²) < 4.78 is 28.3. The van der Waals surface area contributed by atoms with Crippen LogP contribution < -0.4 is 10.5 Å². The highest BCUT2D eigenvalue weighted by Gasteiger charge is 2.31. The zero-order valence-corrected chi connectivity index (χ0v) is 13.2. The lowest BCUT2D eigenvalue weighted by molar-refractivity contribution is 0.363. The summed E-state index contributed by atoms with van der Waals surface area (Å²) in [6.07, 6.45) is 2.93. The highest BCUT2D eigenvalue weighted by Crippen LogP contribution is 2.24. The molecule has 0 saturated heterocycles. The molecule has 0 radical (unpaired) electrons. The molecule has 0 bridgehead atoms. The zero-order chi connectivity index (χ0) is 15.5. The van der Waals surface area contributed by atoms with Crippen molar-refractivity contribution in [2.24, 2.45) is 5.73 Å². The van der Waals surface area contributed by atoms with E-state index in [4.69, 9.17) is 5.73 Å². The molecule has 5 nitrogen and oxygen atoms in total. The molecular formula is C15H21N3O2S. The first-order valence-electron chi connectivity index (χ1n) is 7.06. The highest BCUT2D eigenvalue weighted by molar-refractivity contribution is 7.89. The molecule has 6 heteroatoms. The Bertz CT molecular complexity index is 711. The van der Waals surface area contributed by atoms with E-state index >= 15 is 0 Å². The van der Waals surface area contributed by atoms with Crippen LogP contribution in [0.25, 0.3) is 10.9 Å². The maximum absolute atomic E-state index is 12.7. The molecule has 0 saturated carbocycles. The number of fused-ring (bicyclic) bond motifs is 1. The van der Waals surface area contributed by atoms with Crippen LogP contribution in [-0.4, -0.2) is 25.5 Å². The first kappa shape index (κ1) is 15.9. The molecule has 0 atom stereocenters. The summed E-state index contributed by atoms with van der Waals surface area (Å²) in [5, 5.41) is 0.616. The summed E-state index contributed by atoms with van der Waals surface area (Å²) in [6.45, 7) is 4.13. The molecule has 2 aromatic rings. The Morgan fingerprint density at radius 2 is 1.90 bits per heavy atom. The minimum Gasteiger partial charge on any atom is -0.329 e. The molecule has 0 spiro atoms. The van der Waals surface area contributed by atoms with E-state index in [2.05, 4.69) is 9.71 Å². The number of nitrogens with two attached hydrogens (primary N) is 1. The van der Waals surface area contributed by atoms with Gasteiger partial charge < -0.3 is 5.73 Å². The first-order chi connectivity index (χ1) is 9.98. The van der Waals surface area contributed by atoms with Crippen LogP contribution in [0.3, 0.4) is 0 Å². The first-order valence-corrected chi connectivity index (χ1v) is 8.54.